The Morgan fingerprint density at radius 2 is 1.70 bits per heavy atom. The Labute approximate surface area is 136 Å². The average molecular weight is 311 g/mol. The van der Waals surface area contributed by atoms with Gasteiger partial charge in [0.25, 0.3) is 5.91 Å². The van der Waals surface area contributed by atoms with Crippen molar-refractivity contribution < 1.29 is 14.7 Å². The van der Waals surface area contributed by atoms with Crippen LogP contribution in [0.5, 0.6) is 0 Å². The second-order valence-corrected chi connectivity index (χ2v) is 5.61. The lowest BCUT2D eigenvalue weighted by molar-refractivity contribution is -0.137. The molecule has 2 aromatic carbocycles. The largest absolute Gasteiger partial charge is 0.481 e. The molecule has 2 aromatic rings. The topological polar surface area (TPSA) is 66.4 Å². The monoisotopic (exact) mass is 311 g/mol. The van der Waals surface area contributed by atoms with Gasteiger partial charge in [0.2, 0.25) is 0 Å². The van der Waals surface area contributed by atoms with Crippen molar-refractivity contribution in [2.24, 2.45) is 0 Å². The molecule has 1 amide bonds. The summed E-state index contributed by atoms with van der Waals surface area (Å²) in [6.45, 7) is 1.89. The van der Waals surface area contributed by atoms with Crippen molar-refractivity contribution in [3.63, 3.8) is 0 Å². The molecule has 0 bridgehead atoms. The van der Waals surface area contributed by atoms with Crippen LogP contribution in [-0.4, -0.2) is 23.0 Å². The summed E-state index contributed by atoms with van der Waals surface area (Å²) < 4.78 is 0. The number of aryl methyl sites for hydroxylation is 1. The third-order valence-electron chi connectivity index (χ3n) is 3.76. The highest BCUT2D eigenvalue weighted by atomic mass is 16.4. The fourth-order valence-electron chi connectivity index (χ4n) is 2.51. The maximum Gasteiger partial charge on any atom is 0.303 e. The standard InChI is InChI=1S/C19H21NO3/c1-14-7-5-6-10-17(14)19(23)20-16(11-12-18(21)22)13-15-8-3-2-4-9-15/h2-10,16H,11-13H2,1H3,(H,20,23)(H,21,22). The zero-order valence-corrected chi connectivity index (χ0v) is 13.2. The number of hydrogen-bond donors (Lipinski definition) is 2. The first-order chi connectivity index (χ1) is 11.1. The number of benzene rings is 2. The van der Waals surface area contributed by atoms with E-state index in [1.165, 1.54) is 0 Å². The lowest BCUT2D eigenvalue weighted by Crippen LogP contribution is -2.37. The summed E-state index contributed by atoms with van der Waals surface area (Å²) in [5.74, 6) is -1.01. The van der Waals surface area contributed by atoms with Crippen LogP contribution in [0.3, 0.4) is 0 Å². The van der Waals surface area contributed by atoms with Crippen LogP contribution in [0.4, 0.5) is 0 Å². The Morgan fingerprint density at radius 1 is 1.04 bits per heavy atom. The molecule has 1 atom stereocenters. The van der Waals surface area contributed by atoms with E-state index in [1.807, 2.05) is 55.5 Å². The predicted molar refractivity (Wildman–Crippen MR) is 89.4 cm³/mol. The molecule has 0 saturated heterocycles. The summed E-state index contributed by atoms with van der Waals surface area (Å²) in [6.07, 6.45) is 1.05. The van der Waals surface area contributed by atoms with E-state index >= 15 is 0 Å². The van der Waals surface area contributed by atoms with Gasteiger partial charge < -0.3 is 10.4 Å². The summed E-state index contributed by atoms with van der Waals surface area (Å²) in [5.41, 5.74) is 2.61. The van der Waals surface area contributed by atoms with E-state index in [2.05, 4.69) is 5.32 Å². The zero-order valence-electron chi connectivity index (χ0n) is 13.2. The van der Waals surface area contributed by atoms with Gasteiger partial charge in [-0.05, 0) is 37.0 Å². The van der Waals surface area contributed by atoms with Crippen molar-refractivity contribution in [1.29, 1.82) is 0 Å². The third-order valence-corrected chi connectivity index (χ3v) is 3.76. The van der Waals surface area contributed by atoms with Crippen LogP contribution < -0.4 is 5.32 Å². The van der Waals surface area contributed by atoms with E-state index in [0.717, 1.165) is 11.1 Å². The molecular formula is C19H21NO3. The zero-order chi connectivity index (χ0) is 16.7. The molecule has 4 heteroatoms. The maximum absolute atomic E-state index is 12.5. The molecule has 0 aromatic heterocycles. The van der Waals surface area contributed by atoms with Crippen LogP contribution in [0.15, 0.2) is 54.6 Å². The molecule has 2 N–H and O–H groups in total. The number of amides is 1. The Balaban J connectivity index is 2.08. The van der Waals surface area contributed by atoms with Crippen LogP contribution in [0, 0.1) is 6.92 Å². The lowest BCUT2D eigenvalue weighted by atomic mass is 10.0. The molecule has 1 unspecified atom stereocenters. The van der Waals surface area contributed by atoms with Crippen LogP contribution in [0.2, 0.25) is 0 Å². The van der Waals surface area contributed by atoms with Gasteiger partial charge >= 0.3 is 5.97 Å². The van der Waals surface area contributed by atoms with Crippen molar-refractivity contribution in [2.75, 3.05) is 0 Å². The van der Waals surface area contributed by atoms with Crippen LogP contribution >= 0.6 is 0 Å². The molecule has 23 heavy (non-hydrogen) atoms. The van der Waals surface area contributed by atoms with E-state index in [1.54, 1.807) is 6.07 Å². The average Bonchev–Trinajstić information content (AvgIpc) is 2.54. The number of carbonyl (C=O) groups is 2. The van der Waals surface area contributed by atoms with E-state index in [9.17, 15) is 9.59 Å². The number of carbonyl (C=O) groups excluding carboxylic acids is 1. The summed E-state index contributed by atoms with van der Waals surface area (Å²) in [4.78, 5) is 23.3. The minimum absolute atomic E-state index is 0.0333. The highest BCUT2D eigenvalue weighted by Gasteiger charge is 2.16. The van der Waals surface area contributed by atoms with Gasteiger partial charge in [0, 0.05) is 18.0 Å². The van der Waals surface area contributed by atoms with Crippen molar-refractivity contribution in [2.45, 2.75) is 32.2 Å². The summed E-state index contributed by atoms with van der Waals surface area (Å²) >= 11 is 0. The second-order valence-electron chi connectivity index (χ2n) is 5.61. The molecule has 0 aliphatic heterocycles. The normalized spacial score (nSPS) is 11.7. The van der Waals surface area contributed by atoms with Gasteiger partial charge in [0.1, 0.15) is 0 Å². The Bertz CT molecular complexity index is 667. The number of rotatable bonds is 7. The lowest BCUT2D eigenvalue weighted by Gasteiger charge is -2.19. The molecule has 4 nitrogen and oxygen atoms in total. The predicted octanol–water partition coefficient (Wildman–Crippen LogP) is 3.20. The molecule has 0 aliphatic rings. The Hall–Kier alpha value is -2.62. The van der Waals surface area contributed by atoms with E-state index in [0.29, 0.717) is 18.4 Å². The number of aliphatic carboxylic acids is 1. The van der Waals surface area contributed by atoms with Gasteiger partial charge in [0.05, 0.1) is 0 Å². The number of carboxylic acid groups (broad SMARTS) is 1. The van der Waals surface area contributed by atoms with Crippen molar-refractivity contribution in [3.05, 3.63) is 71.3 Å². The van der Waals surface area contributed by atoms with E-state index in [-0.39, 0.29) is 18.4 Å². The Kier molecular flexibility index (Phi) is 5.92. The number of carboxylic acids is 1. The molecule has 120 valence electrons. The first-order valence-corrected chi connectivity index (χ1v) is 7.68. The highest BCUT2D eigenvalue weighted by Crippen LogP contribution is 2.11. The molecule has 0 heterocycles. The van der Waals surface area contributed by atoms with Crippen LogP contribution in [-0.2, 0) is 11.2 Å². The summed E-state index contributed by atoms with van der Waals surface area (Å²) in [7, 11) is 0. The van der Waals surface area contributed by atoms with Crippen LogP contribution in [0.1, 0.15) is 34.3 Å². The van der Waals surface area contributed by atoms with Gasteiger partial charge in [-0.3, -0.25) is 9.59 Å². The van der Waals surface area contributed by atoms with E-state index < -0.39 is 5.97 Å². The molecule has 0 aliphatic carbocycles. The second kappa shape index (κ2) is 8.13. The summed E-state index contributed by atoms with van der Waals surface area (Å²) in [6, 6.07) is 16.9. The van der Waals surface area contributed by atoms with Gasteiger partial charge in [0.15, 0.2) is 0 Å². The SMILES string of the molecule is Cc1ccccc1C(=O)NC(CCC(=O)O)Cc1ccccc1. The van der Waals surface area contributed by atoms with Gasteiger partial charge in [-0.25, -0.2) is 0 Å². The number of hydrogen-bond acceptors (Lipinski definition) is 2. The molecular weight excluding hydrogens is 290 g/mol. The fraction of sp³-hybridized carbons (Fsp3) is 0.263. The van der Waals surface area contributed by atoms with Crippen molar-refractivity contribution >= 4 is 11.9 Å². The fourth-order valence-corrected chi connectivity index (χ4v) is 2.51. The molecule has 0 radical (unpaired) electrons. The third kappa shape index (κ3) is 5.25. The van der Waals surface area contributed by atoms with Crippen molar-refractivity contribution in [3.8, 4) is 0 Å². The van der Waals surface area contributed by atoms with Gasteiger partial charge in [-0.1, -0.05) is 48.5 Å². The minimum atomic E-state index is -0.854. The smallest absolute Gasteiger partial charge is 0.303 e. The first kappa shape index (κ1) is 16.7. The summed E-state index contributed by atoms with van der Waals surface area (Å²) in [5, 5.41) is 11.9. The molecule has 2 rings (SSSR count). The van der Waals surface area contributed by atoms with E-state index in [4.69, 9.17) is 5.11 Å². The molecule has 0 saturated carbocycles. The van der Waals surface area contributed by atoms with Gasteiger partial charge in [-0.15, -0.1) is 0 Å². The van der Waals surface area contributed by atoms with Gasteiger partial charge in [-0.2, -0.15) is 0 Å². The maximum atomic E-state index is 12.5. The highest BCUT2D eigenvalue weighted by molar-refractivity contribution is 5.95. The molecule has 0 spiro atoms. The minimum Gasteiger partial charge on any atom is -0.481 e. The van der Waals surface area contributed by atoms with Crippen molar-refractivity contribution in [1.82, 2.24) is 5.32 Å². The molecule has 0 fully saturated rings. The Morgan fingerprint density at radius 3 is 2.35 bits per heavy atom. The quantitative estimate of drug-likeness (QED) is 0.825. The first-order valence-electron chi connectivity index (χ1n) is 7.68. The van der Waals surface area contributed by atoms with Crippen LogP contribution in [0.25, 0.3) is 0 Å². The number of nitrogens with one attached hydrogen (secondary N) is 1.